The van der Waals surface area contributed by atoms with Gasteiger partial charge in [-0.25, -0.2) is 4.98 Å². The van der Waals surface area contributed by atoms with Crippen molar-refractivity contribution in [2.45, 2.75) is 6.92 Å². The fourth-order valence-electron chi connectivity index (χ4n) is 1.43. The molecule has 1 heterocycles. The van der Waals surface area contributed by atoms with Crippen LogP contribution < -0.4 is 5.73 Å². The number of thiazole rings is 1. The van der Waals surface area contributed by atoms with Crippen LogP contribution in [0.5, 0.6) is 0 Å². The number of aromatic nitrogens is 1. The number of nitrogens with zero attached hydrogens (tertiary/aromatic N) is 1. The molecule has 3 nitrogen and oxygen atoms in total. The Morgan fingerprint density at radius 1 is 1.50 bits per heavy atom. The number of anilines is 1. The lowest BCUT2D eigenvalue weighted by Crippen LogP contribution is -1.87. The van der Waals surface area contributed by atoms with Gasteiger partial charge in [0.25, 0.3) is 0 Å². The summed E-state index contributed by atoms with van der Waals surface area (Å²) in [4.78, 5) is 4.21. The van der Waals surface area contributed by atoms with E-state index in [1.807, 2.05) is 31.2 Å². The van der Waals surface area contributed by atoms with Crippen molar-refractivity contribution >= 4 is 32.8 Å². The van der Waals surface area contributed by atoms with Gasteiger partial charge in [-0.3, -0.25) is 0 Å². The van der Waals surface area contributed by atoms with Gasteiger partial charge in [-0.05, 0) is 24.6 Å². The maximum absolute atomic E-state index is 5.65. The molecule has 2 N–H and O–H groups in total. The van der Waals surface area contributed by atoms with Crippen LogP contribution in [0.25, 0.3) is 16.3 Å². The van der Waals surface area contributed by atoms with Crippen molar-refractivity contribution < 1.29 is 4.74 Å². The average Bonchev–Trinajstić information content (AvgIpc) is 2.64. The molecule has 0 fully saturated rings. The molecule has 0 aliphatic carbocycles. The van der Waals surface area contributed by atoms with E-state index in [9.17, 15) is 0 Å². The molecular weight excluding hydrogens is 220 g/mol. The summed E-state index contributed by atoms with van der Waals surface area (Å²) >= 11 is 1.51. The van der Waals surface area contributed by atoms with Crippen LogP contribution in [0.4, 0.5) is 5.13 Å². The zero-order valence-corrected chi connectivity index (χ0v) is 9.96. The molecule has 84 valence electrons. The Morgan fingerprint density at radius 3 is 3.19 bits per heavy atom. The van der Waals surface area contributed by atoms with E-state index in [-0.39, 0.29) is 0 Å². The normalized spacial score (nSPS) is 11.6. The summed E-state index contributed by atoms with van der Waals surface area (Å²) in [5.74, 6) is 0. The molecule has 0 aliphatic rings. The van der Waals surface area contributed by atoms with Crippen LogP contribution in [0.15, 0.2) is 24.3 Å². The average molecular weight is 234 g/mol. The lowest BCUT2D eigenvalue weighted by atomic mass is 10.2. The third kappa shape index (κ3) is 2.59. The molecule has 1 aromatic heterocycles. The van der Waals surface area contributed by atoms with E-state index < -0.39 is 0 Å². The van der Waals surface area contributed by atoms with Crippen LogP contribution in [-0.4, -0.2) is 18.2 Å². The first-order valence-corrected chi connectivity index (χ1v) is 6.01. The first-order chi connectivity index (χ1) is 7.79. The summed E-state index contributed by atoms with van der Waals surface area (Å²) in [7, 11) is 0. The SMILES string of the molecule is CCOC/C=C/c1ccc2nc(N)sc2c1. The Labute approximate surface area is 98.6 Å². The van der Waals surface area contributed by atoms with Gasteiger partial charge in [-0.15, -0.1) is 0 Å². The molecule has 0 amide bonds. The lowest BCUT2D eigenvalue weighted by Gasteiger charge is -1.95. The minimum Gasteiger partial charge on any atom is -0.378 e. The van der Waals surface area contributed by atoms with Crippen LogP contribution in [0.3, 0.4) is 0 Å². The predicted molar refractivity (Wildman–Crippen MR) is 69.6 cm³/mol. The zero-order valence-electron chi connectivity index (χ0n) is 9.14. The molecule has 2 rings (SSSR count). The molecule has 0 radical (unpaired) electrons. The predicted octanol–water partition coefficient (Wildman–Crippen LogP) is 2.93. The van der Waals surface area contributed by atoms with Crippen LogP contribution >= 0.6 is 11.3 Å². The van der Waals surface area contributed by atoms with Gasteiger partial charge in [0.2, 0.25) is 0 Å². The third-order valence-corrected chi connectivity index (χ3v) is 3.00. The Morgan fingerprint density at radius 2 is 2.38 bits per heavy atom. The van der Waals surface area contributed by atoms with Crippen molar-refractivity contribution in [1.82, 2.24) is 4.98 Å². The van der Waals surface area contributed by atoms with E-state index in [2.05, 4.69) is 11.1 Å². The highest BCUT2D eigenvalue weighted by atomic mass is 32.1. The first-order valence-electron chi connectivity index (χ1n) is 5.20. The lowest BCUT2D eigenvalue weighted by molar-refractivity contribution is 0.178. The molecule has 0 unspecified atom stereocenters. The van der Waals surface area contributed by atoms with Crippen LogP contribution in [-0.2, 0) is 4.74 Å². The van der Waals surface area contributed by atoms with Gasteiger partial charge in [0, 0.05) is 6.61 Å². The molecule has 4 heteroatoms. The standard InChI is InChI=1S/C12H14N2OS/c1-2-15-7-3-4-9-5-6-10-11(8-9)16-12(13)14-10/h3-6,8H,2,7H2,1H3,(H2,13,14)/b4-3+. The monoisotopic (exact) mass is 234 g/mol. The number of hydrogen-bond donors (Lipinski definition) is 1. The highest BCUT2D eigenvalue weighted by Gasteiger charge is 2.00. The maximum Gasteiger partial charge on any atom is 0.181 e. The Balaban J connectivity index is 2.15. The van der Waals surface area contributed by atoms with Crippen molar-refractivity contribution in [2.75, 3.05) is 18.9 Å². The van der Waals surface area contributed by atoms with Crippen LogP contribution in [0.2, 0.25) is 0 Å². The van der Waals surface area contributed by atoms with Gasteiger partial charge in [-0.2, -0.15) is 0 Å². The number of benzene rings is 1. The Bertz CT molecular complexity index is 505. The Hall–Kier alpha value is -1.39. The van der Waals surface area contributed by atoms with Gasteiger partial charge in [0.15, 0.2) is 5.13 Å². The molecule has 16 heavy (non-hydrogen) atoms. The molecule has 0 spiro atoms. The van der Waals surface area contributed by atoms with E-state index in [1.54, 1.807) is 0 Å². The summed E-state index contributed by atoms with van der Waals surface area (Å²) < 4.78 is 6.35. The number of rotatable bonds is 4. The van der Waals surface area contributed by atoms with Gasteiger partial charge in [-0.1, -0.05) is 29.6 Å². The van der Waals surface area contributed by atoms with Gasteiger partial charge in [0.05, 0.1) is 16.8 Å². The van der Waals surface area contributed by atoms with Crippen molar-refractivity contribution in [3.8, 4) is 0 Å². The molecule has 0 bridgehead atoms. The summed E-state index contributed by atoms with van der Waals surface area (Å²) in [5.41, 5.74) is 7.76. The maximum atomic E-state index is 5.65. The fraction of sp³-hybridized carbons (Fsp3) is 0.250. The minimum atomic E-state index is 0.616. The molecule has 0 saturated heterocycles. The minimum absolute atomic E-state index is 0.616. The molecular formula is C12H14N2OS. The number of fused-ring (bicyclic) bond motifs is 1. The smallest absolute Gasteiger partial charge is 0.181 e. The Kier molecular flexibility index (Phi) is 3.54. The molecule has 0 aliphatic heterocycles. The van der Waals surface area contributed by atoms with Crippen LogP contribution in [0, 0.1) is 0 Å². The summed E-state index contributed by atoms with van der Waals surface area (Å²) in [6, 6.07) is 6.11. The highest BCUT2D eigenvalue weighted by Crippen LogP contribution is 2.24. The van der Waals surface area contributed by atoms with Crippen molar-refractivity contribution in [3.63, 3.8) is 0 Å². The summed E-state index contributed by atoms with van der Waals surface area (Å²) in [6.45, 7) is 3.38. The van der Waals surface area contributed by atoms with E-state index in [1.165, 1.54) is 11.3 Å². The van der Waals surface area contributed by atoms with Crippen molar-refractivity contribution in [3.05, 3.63) is 29.8 Å². The second kappa shape index (κ2) is 5.09. The van der Waals surface area contributed by atoms with E-state index >= 15 is 0 Å². The quantitative estimate of drug-likeness (QED) is 0.827. The summed E-state index contributed by atoms with van der Waals surface area (Å²) in [5, 5.41) is 0.616. The van der Waals surface area contributed by atoms with Gasteiger partial charge >= 0.3 is 0 Å². The van der Waals surface area contributed by atoms with E-state index in [4.69, 9.17) is 10.5 Å². The van der Waals surface area contributed by atoms with E-state index in [0.29, 0.717) is 11.7 Å². The fourth-order valence-corrected chi connectivity index (χ4v) is 2.22. The van der Waals surface area contributed by atoms with E-state index in [0.717, 1.165) is 22.4 Å². The molecule has 0 saturated carbocycles. The third-order valence-electron chi connectivity index (χ3n) is 2.16. The van der Waals surface area contributed by atoms with Gasteiger partial charge in [0.1, 0.15) is 0 Å². The summed E-state index contributed by atoms with van der Waals surface area (Å²) in [6.07, 6.45) is 4.06. The number of nitrogens with two attached hydrogens (primary N) is 1. The first kappa shape index (κ1) is 11.1. The zero-order chi connectivity index (χ0) is 11.4. The second-order valence-corrected chi connectivity index (χ2v) is 4.40. The van der Waals surface area contributed by atoms with Crippen molar-refractivity contribution in [1.29, 1.82) is 0 Å². The molecule has 0 atom stereocenters. The van der Waals surface area contributed by atoms with Gasteiger partial charge < -0.3 is 10.5 Å². The topological polar surface area (TPSA) is 48.1 Å². The number of ether oxygens (including phenoxy) is 1. The largest absolute Gasteiger partial charge is 0.378 e. The van der Waals surface area contributed by atoms with Crippen molar-refractivity contribution in [2.24, 2.45) is 0 Å². The highest BCUT2D eigenvalue weighted by molar-refractivity contribution is 7.22. The van der Waals surface area contributed by atoms with Crippen LogP contribution in [0.1, 0.15) is 12.5 Å². The second-order valence-electron chi connectivity index (χ2n) is 3.34. The molecule has 1 aromatic carbocycles. The molecule has 2 aromatic rings. The number of nitrogen functional groups attached to an aromatic ring is 1. The number of hydrogen-bond acceptors (Lipinski definition) is 4.